The number of nitrogens with one attached hydrogen (secondary N) is 1. The van der Waals surface area contributed by atoms with E-state index in [9.17, 15) is 0 Å². The molecule has 1 saturated carbocycles. The van der Waals surface area contributed by atoms with Gasteiger partial charge < -0.3 is 15.0 Å². The largest absolute Gasteiger partial charge is 0.367 e. The van der Waals surface area contributed by atoms with E-state index < -0.39 is 5.82 Å². The second kappa shape index (κ2) is 10.2. The second-order valence-electron chi connectivity index (χ2n) is 9.77. The molecule has 8 nitrogen and oxygen atoms in total. The standard InChI is InChI=1S/C26H29ClFN7OS/c1-3-4-9-29-26-33-24-23(37-26)22(19-8-5-17(27)10-20(19)28)31-25(32-24)34-12-15(2)36-21(14-34)16-11-30-35(13-16)18-6-7-18/h5,8,10-11,13,15,18,21H,3-4,6-7,9,12,14H2,1-2H3,(H,29,31,32,33)/t15-,21-/m1/s1. The van der Waals surface area contributed by atoms with Crippen LogP contribution in [0.4, 0.5) is 15.5 Å². The van der Waals surface area contributed by atoms with Crippen LogP contribution in [0, 0.1) is 5.82 Å². The van der Waals surface area contributed by atoms with Crippen molar-refractivity contribution in [1.29, 1.82) is 0 Å². The number of halogens is 2. The molecule has 1 aliphatic carbocycles. The molecule has 6 rings (SSSR count). The van der Waals surface area contributed by atoms with Crippen molar-refractivity contribution in [3.05, 3.63) is 47.0 Å². The summed E-state index contributed by atoms with van der Waals surface area (Å²) in [7, 11) is 0. The number of morpholine rings is 1. The van der Waals surface area contributed by atoms with Crippen molar-refractivity contribution in [2.45, 2.75) is 57.8 Å². The smallest absolute Gasteiger partial charge is 0.228 e. The highest BCUT2D eigenvalue weighted by molar-refractivity contribution is 7.22. The second-order valence-corrected chi connectivity index (χ2v) is 11.2. The minimum atomic E-state index is -0.423. The Labute approximate surface area is 223 Å². The van der Waals surface area contributed by atoms with Crippen molar-refractivity contribution in [3.63, 3.8) is 0 Å². The molecule has 1 N–H and O–H groups in total. The summed E-state index contributed by atoms with van der Waals surface area (Å²) in [6.07, 6.45) is 8.26. The molecule has 4 heterocycles. The number of aromatic nitrogens is 5. The van der Waals surface area contributed by atoms with Gasteiger partial charge in [0.2, 0.25) is 5.95 Å². The predicted octanol–water partition coefficient (Wildman–Crippen LogP) is 6.26. The summed E-state index contributed by atoms with van der Waals surface area (Å²) in [6, 6.07) is 5.18. The van der Waals surface area contributed by atoms with Gasteiger partial charge in [-0.15, -0.1) is 0 Å². The highest BCUT2D eigenvalue weighted by atomic mass is 35.5. The number of anilines is 2. The van der Waals surface area contributed by atoms with Crippen molar-refractivity contribution in [2.24, 2.45) is 0 Å². The zero-order valence-corrected chi connectivity index (χ0v) is 22.4. The van der Waals surface area contributed by atoms with E-state index >= 15 is 4.39 Å². The molecule has 37 heavy (non-hydrogen) atoms. The summed E-state index contributed by atoms with van der Waals surface area (Å²) in [5.74, 6) is 0.0880. The quantitative estimate of drug-likeness (QED) is 0.264. The fourth-order valence-corrected chi connectivity index (χ4v) is 5.72. The summed E-state index contributed by atoms with van der Waals surface area (Å²) in [5.41, 5.74) is 2.50. The normalized spacial score (nSPS) is 20.1. The number of benzene rings is 1. The van der Waals surface area contributed by atoms with Crippen LogP contribution < -0.4 is 10.2 Å². The molecule has 1 saturated heterocycles. The fourth-order valence-electron chi connectivity index (χ4n) is 4.62. The predicted molar refractivity (Wildman–Crippen MR) is 145 cm³/mol. The van der Waals surface area contributed by atoms with Crippen molar-refractivity contribution in [2.75, 3.05) is 29.9 Å². The average molecular weight is 542 g/mol. The van der Waals surface area contributed by atoms with Crippen molar-refractivity contribution in [3.8, 4) is 11.3 Å². The van der Waals surface area contributed by atoms with Crippen LogP contribution in [-0.4, -0.2) is 50.5 Å². The van der Waals surface area contributed by atoms with Gasteiger partial charge in [-0.3, -0.25) is 4.68 Å². The van der Waals surface area contributed by atoms with Gasteiger partial charge in [-0.05, 0) is 44.4 Å². The molecule has 0 amide bonds. The molecule has 0 spiro atoms. The van der Waals surface area contributed by atoms with E-state index in [1.807, 2.05) is 17.8 Å². The molecule has 2 fully saturated rings. The van der Waals surface area contributed by atoms with E-state index in [4.69, 9.17) is 31.3 Å². The highest BCUT2D eigenvalue weighted by Gasteiger charge is 2.32. The lowest BCUT2D eigenvalue weighted by Crippen LogP contribution is -2.43. The molecule has 1 aromatic carbocycles. The maximum absolute atomic E-state index is 15.1. The Bertz CT molecular complexity index is 1420. The highest BCUT2D eigenvalue weighted by Crippen LogP contribution is 2.38. The number of fused-ring (bicyclic) bond motifs is 1. The lowest BCUT2D eigenvalue weighted by Gasteiger charge is -2.36. The molecule has 0 bridgehead atoms. The minimum absolute atomic E-state index is 0.0419. The average Bonchev–Trinajstić information content (AvgIpc) is 3.45. The molecule has 2 atom stereocenters. The first-order valence-electron chi connectivity index (χ1n) is 12.8. The van der Waals surface area contributed by atoms with Crippen LogP contribution in [0.1, 0.15) is 57.2 Å². The van der Waals surface area contributed by atoms with E-state index in [0.717, 1.165) is 34.8 Å². The van der Waals surface area contributed by atoms with E-state index in [1.54, 1.807) is 12.1 Å². The maximum Gasteiger partial charge on any atom is 0.228 e. The third-order valence-corrected chi connectivity index (χ3v) is 7.94. The fraction of sp³-hybridized carbons (Fsp3) is 0.462. The lowest BCUT2D eigenvalue weighted by atomic mass is 10.1. The SMILES string of the molecule is CCCCNc1nc2nc(N3C[C@@H](C)O[C@@H](c4cnn(C5CC5)c4)C3)nc(-c3ccc(Cl)cc3F)c2s1. The molecule has 1 aliphatic heterocycles. The Hall–Kier alpha value is -2.82. The van der Waals surface area contributed by atoms with E-state index in [1.165, 1.54) is 30.2 Å². The monoisotopic (exact) mass is 541 g/mol. The van der Waals surface area contributed by atoms with Gasteiger partial charge in [0.05, 0.1) is 30.6 Å². The van der Waals surface area contributed by atoms with Crippen molar-refractivity contribution >= 4 is 44.4 Å². The topological polar surface area (TPSA) is 81.0 Å². The van der Waals surface area contributed by atoms with Crippen molar-refractivity contribution < 1.29 is 9.13 Å². The first-order chi connectivity index (χ1) is 18.0. The van der Waals surface area contributed by atoms with Crippen LogP contribution in [0.25, 0.3) is 21.6 Å². The van der Waals surface area contributed by atoms with Crippen LogP contribution in [0.15, 0.2) is 30.6 Å². The third kappa shape index (κ3) is 5.15. The maximum atomic E-state index is 15.1. The number of nitrogens with zero attached hydrogens (tertiary/aromatic N) is 6. The van der Waals surface area contributed by atoms with Crippen LogP contribution in [-0.2, 0) is 4.74 Å². The zero-order valence-electron chi connectivity index (χ0n) is 20.8. The number of ether oxygens (including phenoxy) is 1. The first kappa shape index (κ1) is 24.5. The Balaban J connectivity index is 1.37. The number of hydrogen-bond acceptors (Lipinski definition) is 8. The Kier molecular flexibility index (Phi) is 6.73. The van der Waals surface area contributed by atoms with Gasteiger partial charge in [0, 0.05) is 35.4 Å². The Morgan fingerprint density at radius 1 is 1.22 bits per heavy atom. The molecular weight excluding hydrogens is 513 g/mol. The molecule has 0 unspecified atom stereocenters. The summed E-state index contributed by atoms with van der Waals surface area (Å²) in [4.78, 5) is 16.6. The lowest BCUT2D eigenvalue weighted by molar-refractivity contribution is -0.0178. The summed E-state index contributed by atoms with van der Waals surface area (Å²) in [6.45, 7) is 6.19. The van der Waals surface area contributed by atoms with Gasteiger partial charge in [0.15, 0.2) is 10.8 Å². The number of unbranched alkanes of at least 4 members (excludes halogenated alkanes) is 1. The van der Waals surface area contributed by atoms with Crippen LogP contribution >= 0.6 is 22.9 Å². The van der Waals surface area contributed by atoms with Gasteiger partial charge in [-0.2, -0.15) is 15.1 Å². The molecule has 11 heteroatoms. The summed E-state index contributed by atoms with van der Waals surface area (Å²) < 4.78 is 24.2. The Morgan fingerprint density at radius 2 is 2.08 bits per heavy atom. The van der Waals surface area contributed by atoms with Crippen LogP contribution in [0.2, 0.25) is 5.02 Å². The minimum Gasteiger partial charge on any atom is -0.367 e. The van der Waals surface area contributed by atoms with E-state index in [-0.39, 0.29) is 12.2 Å². The van der Waals surface area contributed by atoms with Gasteiger partial charge in [0.1, 0.15) is 16.6 Å². The molecule has 3 aromatic heterocycles. The summed E-state index contributed by atoms with van der Waals surface area (Å²) >= 11 is 7.49. The Morgan fingerprint density at radius 3 is 2.86 bits per heavy atom. The number of rotatable bonds is 8. The summed E-state index contributed by atoms with van der Waals surface area (Å²) in [5, 5.41) is 9.01. The van der Waals surface area contributed by atoms with E-state index in [2.05, 4.69) is 28.4 Å². The first-order valence-corrected chi connectivity index (χ1v) is 14.0. The van der Waals surface area contributed by atoms with Crippen LogP contribution in [0.5, 0.6) is 0 Å². The number of hydrogen-bond donors (Lipinski definition) is 1. The van der Waals surface area contributed by atoms with Gasteiger partial charge in [-0.25, -0.2) is 9.37 Å². The van der Waals surface area contributed by atoms with E-state index in [0.29, 0.717) is 47.0 Å². The van der Waals surface area contributed by atoms with Gasteiger partial charge >= 0.3 is 0 Å². The van der Waals surface area contributed by atoms with Gasteiger partial charge in [0.25, 0.3) is 0 Å². The molecule has 0 radical (unpaired) electrons. The molecule has 4 aromatic rings. The molecular formula is C26H29ClFN7OS. The molecule has 2 aliphatic rings. The molecule has 194 valence electrons. The third-order valence-electron chi connectivity index (χ3n) is 6.69. The van der Waals surface area contributed by atoms with Gasteiger partial charge in [-0.1, -0.05) is 36.3 Å². The van der Waals surface area contributed by atoms with Crippen molar-refractivity contribution in [1.82, 2.24) is 24.7 Å². The zero-order chi connectivity index (χ0) is 25.5. The van der Waals surface area contributed by atoms with Crippen LogP contribution in [0.3, 0.4) is 0 Å². The number of thiazole rings is 1.